The van der Waals surface area contributed by atoms with E-state index >= 15 is 0 Å². The highest BCUT2D eigenvalue weighted by Gasteiger charge is 2.24. The van der Waals surface area contributed by atoms with Gasteiger partial charge in [0.15, 0.2) is 0 Å². The molecule has 1 unspecified atom stereocenters. The standard InChI is InChI=1S/C16H32N4/c1-5-18-16(3,14-17)10-7-11-19(4)15-8-12-20(6-2)13-9-15/h15,18H,5-13H2,1-4H3. The summed E-state index contributed by atoms with van der Waals surface area (Å²) >= 11 is 0. The molecule has 1 aliphatic heterocycles. The number of hydrogen-bond acceptors (Lipinski definition) is 4. The molecular weight excluding hydrogens is 248 g/mol. The average molecular weight is 280 g/mol. The van der Waals surface area contributed by atoms with Crippen molar-refractivity contribution in [3.05, 3.63) is 0 Å². The molecule has 0 bridgehead atoms. The molecule has 0 amide bonds. The molecular formula is C16H32N4. The van der Waals surface area contributed by atoms with Crippen molar-refractivity contribution in [1.82, 2.24) is 15.1 Å². The van der Waals surface area contributed by atoms with Crippen molar-refractivity contribution in [3.8, 4) is 6.07 Å². The Morgan fingerprint density at radius 3 is 2.50 bits per heavy atom. The Bertz CT molecular complexity index is 304. The van der Waals surface area contributed by atoms with Crippen LogP contribution in [-0.4, -0.2) is 61.2 Å². The third-order valence-corrected chi connectivity index (χ3v) is 4.63. The van der Waals surface area contributed by atoms with Crippen LogP contribution in [0.5, 0.6) is 0 Å². The third-order valence-electron chi connectivity index (χ3n) is 4.63. The zero-order valence-electron chi connectivity index (χ0n) is 13.8. The quantitative estimate of drug-likeness (QED) is 0.739. The van der Waals surface area contributed by atoms with Crippen molar-refractivity contribution in [1.29, 1.82) is 5.26 Å². The normalized spacial score (nSPS) is 20.8. The highest BCUT2D eigenvalue weighted by atomic mass is 15.2. The van der Waals surface area contributed by atoms with Crippen LogP contribution in [0.4, 0.5) is 0 Å². The predicted molar refractivity (Wildman–Crippen MR) is 84.7 cm³/mol. The molecule has 1 aliphatic rings. The van der Waals surface area contributed by atoms with Gasteiger partial charge < -0.3 is 9.80 Å². The molecule has 0 aliphatic carbocycles. The SMILES string of the molecule is CCNC(C)(C#N)CCCN(C)C1CCN(CC)CC1. The Morgan fingerprint density at radius 1 is 1.35 bits per heavy atom. The van der Waals surface area contributed by atoms with Crippen LogP contribution >= 0.6 is 0 Å². The topological polar surface area (TPSA) is 42.3 Å². The molecule has 0 spiro atoms. The molecule has 0 saturated carbocycles. The summed E-state index contributed by atoms with van der Waals surface area (Å²) in [6.45, 7) is 11.9. The average Bonchev–Trinajstić information content (AvgIpc) is 2.47. The molecule has 0 aromatic carbocycles. The molecule has 4 nitrogen and oxygen atoms in total. The van der Waals surface area contributed by atoms with Crippen molar-refractivity contribution >= 4 is 0 Å². The smallest absolute Gasteiger partial charge is 0.103 e. The minimum Gasteiger partial charge on any atom is -0.303 e. The number of nitrogens with one attached hydrogen (secondary N) is 1. The van der Waals surface area contributed by atoms with Crippen molar-refractivity contribution < 1.29 is 0 Å². The van der Waals surface area contributed by atoms with E-state index in [2.05, 4.69) is 42.1 Å². The Labute approximate surface area is 125 Å². The van der Waals surface area contributed by atoms with Gasteiger partial charge >= 0.3 is 0 Å². The third kappa shape index (κ3) is 5.40. The highest BCUT2D eigenvalue weighted by molar-refractivity contribution is 5.03. The highest BCUT2D eigenvalue weighted by Crippen LogP contribution is 2.17. The molecule has 1 fully saturated rings. The van der Waals surface area contributed by atoms with Gasteiger partial charge in [-0.05, 0) is 72.4 Å². The van der Waals surface area contributed by atoms with E-state index in [0.717, 1.165) is 32.0 Å². The number of rotatable bonds is 8. The molecule has 1 N–H and O–H groups in total. The Balaban J connectivity index is 2.26. The van der Waals surface area contributed by atoms with Crippen LogP contribution in [-0.2, 0) is 0 Å². The van der Waals surface area contributed by atoms with Gasteiger partial charge in [-0.1, -0.05) is 13.8 Å². The zero-order valence-corrected chi connectivity index (χ0v) is 13.8. The second-order valence-electron chi connectivity index (χ2n) is 6.22. The second kappa shape index (κ2) is 8.61. The minimum absolute atomic E-state index is 0.360. The van der Waals surface area contributed by atoms with E-state index in [4.69, 9.17) is 0 Å². The molecule has 0 radical (unpaired) electrons. The van der Waals surface area contributed by atoms with Crippen LogP contribution < -0.4 is 5.32 Å². The van der Waals surface area contributed by atoms with E-state index in [1.165, 1.54) is 32.5 Å². The summed E-state index contributed by atoms with van der Waals surface area (Å²) in [5, 5.41) is 12.5. The Kier molecular flexibility index (Phi) is 7.50. The molecule has 1 saturated heterocycles. The molecule has 20 heavy (non-hydrogen) atoms. The second-order valence-corrected chi connectivity index (χ2v) is 6.22. The van der Waals surface area contributed by atoms with Crippen molar-refractivity contribution in [3.63, 3.8) is 0 Å². The number of nitriles is 1. The lowest BCUT2D eigenvalue weighted by Gasteiger charge is -2.36. The van der Waals surface area contributed by atoms with Gasteiger partial charge in [0, 0.05) is 6.04 Å². The van der Waals surface area contributed by atoms with Crippen molar-refractivity contribution in [2.24, 2.45) is 0 Å². The number of nitrogens with zero attached hydrogens (tertiary/aromatic N) is 3. The predicted octanol–water partition coefficient (Wildman–Crippen LogP) is 2.07. The van der Waals surface area contributed by atoms with Crippen LogP contribution in [0, 0.1) is 11.3 Å². The van der Waals surface area contributed by atoms with E-state index in [1.807, 2.05) is 6.92 Å². The first-order valence-electron chi connectivity index (χ1n) is 8.13. The maximum absolute atomic E-state index is 9.26. The Morgan fingerprint density at radius 2 is 2.00 bits per heavy atom. The zero-order chi connectivity index (χ0) is 15.0. The fraction of sp³-hybridized carbons (Fsp3) is 0.938. The molecule has 1 atom stereocenters. The Hall–Kier alpha value is -0.630. The van der Waals surface area contributed by atoms with Crippen molar-refractivity contribution in [2.45, 2.75) is 58.0 Å². The molecule has 0 aromatic heterocycles. The van der Waals surface area contributed by atoms with Crippen LogP contribution in [0.15, 0.2) is 0 Å². The van der Waals surface area contributed by atoms with Gasteiger partial charge in [0.2, 0.25) is 0 Å². The number of piperidine rings is 1. The monoisotopic (exact) mass is 280 g/mol. The van der Waals surface area contributed by atoms with E-state index in [1.54, 1.807) is 0 Å². The first-order valence-corrected chi connectivity index (χ1v) is 8.13. The summed E-state index contributed by atoms with van der Waals surface area (Å²) in [5.74, 6) is 0. The molecule has 4 heteroatoms. The van der Waals surface area contributed by atoms with Gasteiger partial charge in [-0.15, -0.1) is 0 Å². The van der Waals surface area contributed by atoms with Gasteiger partial charge in [-0.2, -0.15) is 5.26 Å². The summed E-state index contributed by atoms with van der Waals surface area (Å²) in [5.41, 5.74) is -0.360. The minimum atomic E-state index is -0.360. The maximum Gasteiger partial charge on any atom is 0.103 e. The fourth-order valence-corrected chi connectivity index (χ4v) is 3.11. The molecule has 1 rings (SSSR count). The van der Waals surface area contributed by atoms with Crippen LogP contribution in [0.1, 0.15) is 46.5 Å². The van der Waals surface area contributed by atoms with Crippen LogP contribution in [0.25, 0.3) is 0 Å². The molecule has 0 aromatic rings. The summed E-state index contributed by atoms with van der Waals surface area (Å²) in [4.78, 5) is 5.03. The summed E-state index contributed by atoms with van der Waals surface area (Å²) in [7, 11) is 2.24. The first kappa shape index (κ1) is 17.4. The first-order chi connectivity index (χ1) is 9.54. The van der Waals surface area contributed by atoms with E-state index in [-0.39, 0.29) is 5.54 Å². The van der Waals surface area contributed by atoms with Crippen LogP contribution in [0.3, 0.4) is 0 Å². The lowest BCUT2D eigenvalue weighted by atomic mass is 9.97. The number of likely N-dealkylation sites (tertiary alicyclic amines) is 1. The van der Waals surface area contributed by atoms with Gasteiger partial charge in [0.1, 0.15) is 5.54 Å². The van der Waals surface area contributed by atoms with Gasteiger partial charge in [0.05, 0.1) is 6.07 Å². The largest absolute Gasteiger partial charge is 0.303 e. The molecule has 1 heterocycles. The van der Waals surface area contributed by atoms with E-state index < -0.39 is 0 Å². The summed E-state index contributed by atoms with van der Waals surface area (Å²) < 4.78 is 0. The molecule has 116 valence electrons. The van der Waals surface area contributed by atoms with Gasteiger partial charge in [0.25, 0.3) is 0 Å². The van der Waals surface area contributed by atoms with E-state index in [0.29, 0.717) is 0 Å². The maximum atomic E-state index is 9.26. The fourth-order valence-electron chi connectivity index (χ4n) is 3.11. The van der Waals surface area contributed by atoms with Crippen LogP contribution in [0.2, 0.25) is 0 Å². The summed E-state index contributed by atoms with van der Waals surface area (Å²) in [6.07, 6.45) is 4.58. The summed E-state index contributed by atoms with van der Waals surface area (Å²) in [6, 6.07) is 3.14. The van der Waals surface area contributed by atoms with E-state index in [9.17, 15) is 5.26 Å². The number of hydrogen-bond donors (Lipinski definition) is 1. The lowest BCUT2D eigenvalue weighted by Crippen LogP contribution is -2.44. The van der Waals surface area contributed by atoms with Gasteiger partial charge in [-0.3, -0.25) is 5.32 Å². The van der Waals surface area contributed by atoms with Gasteiger partial charge in [-0.25, -0.2) is 0 Å². The van der Waals surface area contributed by atoms with Crippen molar-refractivity contribution in [2.75, 3.05) is 39.8 Å². The lowest BCUT2D eigenvalue weighted by molar-refractivity contribution is 0.129.